The van der Waals surface area contributed by atoms with Crippen molar-refractivity contribution in [2.45, 2.75) is 13.5 Å². The highest BCUT2D eigenvalue weighted by molar-refractivity contribution is 6.33. The Morgan fingerprint density at radius 3 is 2.60 bits per heavy atom. The standard InChI is InChI=1S/C17H14ClNO/c1-12-10-19(16-9-5-3-6-13(12)16)11-17(20)14-7-2-4-8-15(14)18/h2-10H,11H2,1H3. The van der Waals surface area contributed by atoms with Gasteiger partial charge in [-0.25, -0.2) is 0 Å². The number of aryl methyl sites for hydroxylation is 1. The summed E-state index contributed by atoms with van der Waals surface area (Å²) in [6, 6.07) is 15.3. The molecule has 0 bridgehead atoms. The number of carbonyl (C=O) groups is 1. The first-order valence-corrected chi connectivity index (χ1v) is 6.87. The van der Waals surface area contributed by atoms with Gasteiger partial charge in [0, 0.05) is 22.7 Å². The number of aromatic nitrogens is 1. The molecular formula is C17H14ClNO. The number of nitrogens with zero attached hydrogens (tertiary/aromatic N) is 1. The molecule has 1 aromatic heterocycles. The Balaban J connectivity index is 1.98. The molecule has 0 aliphatic carbocycles. The van der Waals surface area contributed by atoms with Crippen LogP contribution in [-0.2, 0) is 6.54 Å². The average molecular weight is 284 g/mol. The first-order valence-electron chi connectivity index (χ1n) is 6.49. The lowest BCUT2D eigenvalue weighted by atomic mass is 10.1. The van der Waals surface area contributed by atoms with Crippen molar-refractivity contribution in [3.05, 3.63) is 70.9 Å². The lowest BCUT2D eigenvalue weighted by Crippen LogP contribution is -2.10. The quantitative estimate of drug-likeness (QED) is 0.649. The fraction of sp³-hybridized carbons (Fsp3) is 0.118. The first-order chi connectivity index (χ1) is 9.66. The predicted octanol–water partition coefficient (Wildman–Crippen LogP) is 4.49. The molecule has 3 aromatic rings. The van der Waals surface area contributed by atoms with Crippen molar-refractivity contribution >= 4 is 28.3 Å². The topological polar surface area (TPSA) is 22.0 Å². The summed E-state index contributed by atoms with van der Waals surface area (Å²) in [5.74, 6) is 0.0244. The normalized spacial score (nSPS) is 10.9. The Bertz CT molecular complexity index is 789. The fourth-order valence-electron chi connectivity index (χ4n) is 2.49. The molecule has 0 amide bonds. The summed E-state index contributed by atoms with van der Waals surface area (Å²) in [6.45, 7) is 2.36. The molecule has 100 valence electrons. The van der Waals surface area contributed by atoms with Gasteiger partial charge in [-0.3, -0.25) is 4.79 Å². The van der Waals surface area contributed by atoms with Gasteiger partial charge in [-0.2, -0.15) is 0 Å². The molecule has 2 aromatic carbocycles. The van der Waals surface area contributed by atoms with E-state index in [1.165, 1.54) is 10.9 Å². The van der Waals surface area contributed by atoms with Gasteiger partial charge in [0.25, 0.3) is 0 Å². The van der Waals surface area contributed by atoms with Crippen molar-refractivity contribution in [3.8, 4) is 0 Å². The number of Topliss-reactive ketones (excluding diaryl/α,β-unsaturated/α-hetero) is 1. The van der Waals surface area contributed by atoms with E-state index >= 15 is 0 Å². The second kappa shape index (κ2) is 5.14. The van der Waals surface area contributed by atoms with Crippen molar-refractivity contribution in [2.24, 2.45) is 0 Å². The number of fused-ring (bicyclic) bond motifs is 1. The second-order valence-electron chi connectivity index (χ2n) is 4.86. The van der Waals surface area contributed by atoms with E-state index in [2.05, 4.69) is 13.0 Å². The summed E-state index contributed by atoms with van der Waals surface area (Å²) in [5.41, 5.74) is 2.82. The zero-order chi connectivity index (χ0) is 14.1. The zero-order valence-electron chi connectivity index (χ0n) is 11.1. The molecule has 3 rings (SSSR count). The van der Waals surface area contributed by atoms with E-state index < -0.39 is 0 Å². The van der Waals surface area contributed by atoms with Gasteiger partial charge in [-0.05, 0) is 30.7 Å². The zero-order valence-corrected chi connectivity index (χ0v) is 11.9. The van der Waals surface area contributed by atoms with Crippen LogP contribution in [0.4, 0.5) is 0 Å². The fourth-order valence-corrected chi connectivity index (χ4v) is 2.73. The van der Waals surface area contributed by atoms with Crippen LogP contribution < -0.4 is 0 Å². The summed E-state index contributed by atoms with van der Waals surface area (Å²) in [4.78, 5) is 12.4. The van der Waals surface area contributed by atoms with Crippen LogP contribution in [-0.4, -0.2) is 10.4 Å². The maximum atomic E-state index is 12.4. The number of benzene rings is 2. The summed E-state index contributed by atoms with van der Waals surface area (Å²) >= 11 is 6.08. The molecule has 0 saturated carbocycles. The van der Waals surface area contributed by atoms with Gasteiger partial charge in [0.1, 0.15) is 0 Å². The van der Waals surface area contributed by atoms with E-state index in [9.17, 15) is 4.79 Å². The third-order valence-electron chi connectivity index (χ3n) is 3.48. The van der Waals surface area contributed by atoms with E-state index in [0.717, 1.165) is 5.52 Å². The molecule has 0 saturated heterocycles. The smallest absolute Gasteiger partial charge is 0.183 e. The summed E-state index contributed by atoms with van der Waals surface area (Å²) in [6.07, 6.45) is 2.01. The largest absolute Gasteiger partial charge is 0.339 e. The monoisotopic (exact) mass is 283 g/mol. The first kappa shape index (κ1) is 12.9. The number of hydrogen-bond donors (Lipinski definition) is 0. The van der Waals surface area contributed by atoms with E-state index in [1.54, 1.807) is 12.1 Å². The Hall–Kier alpha value is -2.06. The van der Waals surface area contributed by atoms with Gasteiger partial charge in [0.2, 0.25) is 0 Å². The molecule has 3 heteroatoms. The van der Waals surface area contributed by atoms with Crippen LogP contribution in [0.1, 0.15) is 15.9 Å². The molecule has 0 aliphatic heterocycles. The molecule has 0 fully saturated rings. The summed E-state index contributed by atoms with van der Waals surface area (Å²) < 4.78 is 1.98. The molecule has 0 N–H and O–H groups in total. The van der Waals surface area contributed by atoms with Gasteiger partial charge in [0.15, 0.2) is 5.78 Å². The number of halogens is 1. The van der Waals surface area contributed by atoms with E-state index in [1.807, 2.05) is 41.1 Å². The van der Waals surface area contributed by atoms with Crippen LogP contribution in [0, 0.1) is 6.92 Å². The molecular weight excluding hydrogens is 270 g/mol. The van der Waals surface area contributed by atoms with Crippen LogP contribution in [0.5, 0.6) is 0 Å². The van der Waals surface area contributed by atoms with Gasteiger partial charge >= 0.3 is 0 Å². The summed E-state index contributed by atoms with van der Waals surface area (Å²) in [7, 11) is 0. The lowest BCUT2D eigenvalue weighted by Gasteiger charge is -2.06. The SMILES string of the molecule is Cc1cn(CC(=O)c2ccccc2Cl)c2ccccc12. The number of hydrogen-bond acceptors (Lipinski definition) is 1. The average Bonchev–Trinajstić information content (AvgIpc) is 2.76. The molecule has 0 atom stereocenters. The van der Waals surface area contributed by atoms with Crippen LogP contribution in [0.25, 0.3) is 10.9 Å². The Morgan fingerprint density at radius 2 is 1.80 bits per heavy atom. The Morgan fingerprint density at radius 1 is 1.10 bits per heavy atom. The van der Waals surface area contributed by atoms with Crippen molar-refractivity contribution in [1.29, 1.82) is 0 Å². The minimum Gasteiger partial charge on any atom is -0.339 e. The third kappa shape index (κ3) is 2.23. The van der Waals surface area contributed by atoms with E-state index in [-0.39, 0.29) is 5.78 Å². The Kier molecular flexibility index (Phi) is 3.33. The molecule has 2 nitrogen and oxygen atoms in total. The van der Waals surface area contributed by atoms with Crippen molar-refractivity contribution in [1.82, 2.24) is 4.57 Å². The highest BCUT2D eigenvalue weighted by Gasteiger charge is 2.12. The molecule has 0 unspecified atom stereocenters. The number of ketones is 1. The summed E-state index contributed by atoms with van der Waals surface area (Å²) in [5, 5.41) is 1.69. The maximum Gasteiger partial charge on any atom is 0.183 e. The molecule has 0 spiro atoms. The van der Waals surface area contributed by atoms with Gasteiger partial charge in [-0.1, -0.05) is 41.9 Å². The number of para-hydroxylation sites is 1. The van der Waals surface area contributed by atoms with Crippen LogP contribution >= 0.6 is 11.6 Å². The van der Waals surface area contributed by atoms with Crippen LogP contribution in [0.3, 0.4) is 0 Å². The highest BCUT2D eigenvalue weighted by Crippen LogP contribution is 2.22. The minimum atomic E-state index is 0.0244. The molecule has 20 heavy (non-hydrogen) atoms. The second-order valence-corrected chi connectivity index (χ2v) is 5.27. The van der Waals surface area contributed by atoms with E-state index in [0.29, 0.717) is 17.1 Å². The number of carbonyl (C=O) groups excluding carboxylic acids is 1. The number of rotatable bonds is 3. The van der Waals surface area contributed by atoms with Gasteiger partial charge in [0.05, 0.1) is 11.6 Å². The predicted molar refractivity (Wildman–Crippen MR) is 82.5 cm³/mol. The molecule has 1 heterocycles. The van der Waals surface area contributed by atoms with Crippen LogP contribution in [0.15, 0.2) is 54.7 Å². The molecule has 0 radical (unpaired) electrons. The third-order valence-corrected chi connectivity index (χ3v) is 3.81. The lowest BCUT2D eigenvalue weighted by molar-refractivity contribution is 0.0974. The minimum absolute atomic E-state index is 0.0244. The van der Waals surface area contributed by atoms with Crippen molar-refractivity contribution in [3.63, 3.8) is 0 Å². The highest BCUT2D eigenvalue weighted by atomic mass is 35.5. The molecule has 0 aliphatic rings. The van der Waals surface area contributed by atoms with Crippen molar-refractivity contribution < 1.29 is 4.79 Å². The van der Waals surface area contributed by atoms with Crippen LogP contribution in [0.2, 0.25) is 5.02 Å². The van der Waals surface area contributed by atoms with Gasteiger partial charge in [-0.15, -0.1) is 0 Å². The van der Waals surface area contributed by atoms with Crippen molar-refractivity contribution in [2.75, 3.05) is 0 Å². The maximum absolute atomic E-state index is 12.4. The van der Waals surface area contributed by atoms with E-state index in [4.69, 9.17) is 11.6 Å². The van der Waals surface area contributed by atoms with Gasteiger partial charge < -0.3 is 4.57 Å². The Labute approximate surface area is 122 Å².